The molecule has 0 aliphatic rings. The molecule has 0 heterocycles. The van der Waals surface area contributed by atoms with Gasteiger partial charge in [0, 0.05) is 12.7 Å². The fourth-order valence-electron chi connectivity index (χ4n) is 1.41. The number of ether oxygens (including phenoxy) is 1. The highest BCUT2D eigenvalue weighted by atomic mass is 16.5. The first-order valence-corrected chi connectivity index (χ1v) is 5.15. The Bertz CT molecular complexity index is 408. The van der Waals surface area contributed by atoms with E-state index in [1.807, 2.05) is 26.0 Å². The zero-order valence-corrected chi connectivity index (χ0v) is 9.87. The summed E-state index contributed by atoms with van der Waals surface area (Å²) >= 11 is 0. The zero-order valence-electron chi connectivity index (χ0n) is 9.87. The van der Waals surface area contributed by atoms with Gasteiger partial charge in [-0.25, -0.2) is 0 Å². The number of aryl methyl sites for hydroxylation is 2. The van der Waals surface area contributed by atoms with Gasteiger partial charge in [0.2, 0.25) is 0 Å². The Hall–Kier alpha value is -1.48. The second kappa shape index (κ2) is 5.56. The standard InChI is InChI=1S/C13H16O3/c1-9-4-5-11(6-10(9)2)13(15)7-12(14)8-16-3/h4-6H,7-8H2,1-3H3. The van der Waals surface area contributed by atoms with Crippen LogP contribution in [0.15, 0.2) is 18.2 Å². The second-order valence-corrected chi connectivity index (χ2v) is 3.87. The van der Waals surface area contributed by atoms with E-state index in [0.717, 1.165) is 11.1 Å². The van der Waals surface area contributed by atoms with Crippen LogP contribution in [0.1, 0.15) is 27.9 Å². The molecule has 0 unspecified atom stereocenters. The van der Waals surface area contributed by atoms with Crippen molar-refractivity contribution in [3.8, 4) is 0 Å². The molecule has 16 heavy (non-hydrogen) atoms. The van der Waals surface area contributed by atoms with Crippen molar-refractivity contribution in [3.05, 3.63) is 34.9 Å². The minimum absolute atomic E-state index is 0.00339. The molecule has 1 aromatic rings. The van der Waals surface area contributed by atoms with Crippen LogP contribution in [0, 0.1) is 13.8 Å². The quantitative estimate of drug-likeness (QED) is 0.563. The molecule has 0 aromatic heterocycles. The molecule has 0 saturated heterocycles. The average molecular weight is 220 g/mol. The fourth-order valence-corrected chi connectivity index (χ4v) is 1.41. The number of benzene rings is 1. The van der Waals surface area contributed by atoms with E-state index in [9.17, 15) is 9.59 Å². The molecule has 3 nitrogen and oxygen atoms in total. The number of Topliss-reactive ketones (excluding diaryl/α,β-unsaturated/α-hetero) is 2. The maximum atomic E-state index is 11.7. The molecule has 0 bridgehead atoms. The van der Waals surface area contributed by atoms with E-state index in [-0.39, 0.29) is 24.6 Å². The summed E-state index contributed by atoms with van der Waals surface area (Å²) in [7, 11) is 1.44. The van der Waals surface area contributed by atoms with Crippen molar-refractivity contribution in [3.63, 3.8) is 0 Å². The van der Waals surface area contributed by atoms with Crippen LogP contribution in [0.25, 0.3) is 0 Å². The van der Waals surface area contributed by atoms with E-state index in [4.69, 9.17) is 0 Å². The van der Waals surface area contributed by atoms with Gasteiger partial charge in [0.15, 0.2) is 11.6 Å². The van der Waals surface area contributed by atoms with Gasteiger partial charge in [-0.3, -0.25) is 9.59 Å². The van der Waals surface area contributed by atoms with E-state index in [1.54, 1.807) is 6.07 Å². The average Bonchev–Trinajstić information content (AvgIpc) is 2.22. The Morgan fingerprint density at radius 3 is 2.44 bits per heavy atom. The maximum Gasteiger partial charge on any atom is 0.170 e. The minimum atomic E-state index is -0.189. The molecule has 0 fully saturated rings. The van der Waals surface area contributed by atoms with Gasteiger partial charge >= 0.3 is 0 Å². The number of methoxy groups -OCH3 is 1. The van der Waals surface area contributed by atoms with E-state index in [1.165, 1.54) is 7.11 Å². The molecule has 0 N–H and O–H groups in total. The Balaban J connectivity index is 2.73. The predicted octanol–water partition coefficient (Wildman–Crippen LogP) is 2.09. The number of ketones is 2. The summed E-state index contributed by atoms with van der Waals surface area (Å²) in [5.74, 6) is -0.337. The number of hydrogen-bond acceptors (Lipinski definition) is 3. The molecule has 0 spiro atoms. The van der Waals surface area contributed by atoms with Crippen LogP contribution in [0.4, 0.5) is 0 Å². The third-order valence-corrected chi connectivity index (χ3v) is 2.49. The van der Waals surface area contributed by atoms with Crippen molar-refractivity contribution >= 4 is 11.6 Å². The molecule has 1 rings (SSSR count). The van der Waals surface area contributed by atoms with Crippen molar-refractivity contribution in [2.45, 2.75) is 20.3 Å². The summed E-state index contributed by atoms with van der Waals surface area (Å²) in [5, 5.41) is 0. The molecule has 0 aliphatic carbocycles. The summed E-state index contributed by atoms with van der Waals surface area (Å²) in [6, 6.07) is 5.46. The number of rotatable bonds is 5. The lowest BCUT2D eigenvalue weighted by Crippen LogP contribution is -2.13. The Kier molecular flexibility index (Phi) is 4.38. The Labute approximate surface area is 95.4 Å². The summed E-state index contributed by atoms with van der Waals surface area (Å²) in [6.07, 6.45) is -0.0870. The van der Waals surface area contributed by atoms with Crippen LogP contribution >= 0.6 is 0 Å². The summed E-state index contributed by atoms with van der Waals surface area (Å²) in [4.78, 5) is 22.9. The highest BCUT2D eigenvalue weighted by Crippen LogP contribution is 2.11. The van der Waals surface area contributed by atoms with Gasteiger partial charge in [-0.15, -0.1) is 0 Å². The first kappa shape index (κ1) is 12.6. The molecular formula is C13H16O3. The highest BCUT2D eigenvalue weighted by Gasteiger charge is 2.11. The maximum absolute atomic E-state index is 11.7. The van der Waals surface area contributed by atoms with Crippen molar-refractivity contribution in [1.29, 1.82) is 0 Å². The molecule has 0 radical (unpaired) electrons. The SMILES string of the molecule is COCC(=O)CC(=O)c1ccc(C)c(C)c1. The number of carbonyl (C=O) groups is 2. The largest absolute Gasteiger partial charge is 0.377 e. The third-order valence-electron chi connectivity index (χ3n) is 2.49. The van der Waals surface area contributed by atoms with Crippen molar-refractivity contribution < 1.29 is 14.3 Å². The topological polar surface area (TPSA) is 43.4 Å². The monoisotopic (exact) mass is 220 g/mol. The van der Waals surface area contributed by atoms with Crippen LogP contribution in [0.2, 0.25) is 0 Å². The summed E-state index contributed by atoms with van der Waals surface area (Å²) in [6.45, 7) is 3.93. The first-order chi connectivity index (χ1) is 7.54. The third kappa shape index (κ3) is 3.28. The normalized spacial score (nSPS) is 10.2. The minimum Gasteiger partial charge on any atom is -0.377 e. The molecular weight excluding hydrogens is 204 g/mol. The van der Waals surface area contributed by atoms with Gasteiger partial charge in [-0.05, 0) is 31.0 Å². The number of carbonyl (C=O) groups excluding carboxylic acids is 2. The number of hydrogen-bond donors (Lipinski definition) is 0. The van der Waals surface area contributed by atoms with Crippen LogP contribution in [0.3, 0.4) is 0 Å². The molecule has 1 aromatic carbocycles. The lowest BCUT2D eigenvalue weighted by Gasteiger charge is -2.04. The highest BCUT2D eigenvalue weighted by molar-refractivity contribution is 6.08. The van der Waals surface area contributed by atoms with Crippen LogP contribution in [-0.4, -0.2) is 25.3 Å². The van der Waals surface area contributed by atoms with Gasteiger partial charge in [0.1, 0.15) is 6.61 Å². The van der Waals surface area contributed by atoms with E-state index in [2.05, 4.69) is 4.74 Å². The second-order valence-electron chi connectivity index (χ2n) is 3.87. The fraction of sp³-hybridized carbons (Fsp3) is 0.385. The van der Waals surface area contributed by atoms with Crippen LogP contribution < -0.4 is 0 Å². The predicted molar refractivity (Wildman–Crippen MR) is 61.7 cm³/mol. The van der Waals surface area contributed by atoms with Crippen molar-refractivity contribution in [1.82, 2.24) is 0 Å². The van der Waals surface area contributed by atoms with Crippen molar-refractivity contribution in [2.24, 2.45) is 0 Å². The van der Waals surface area contributed by atoms with E-state index < -0.39 is 0 Å². The first-order valence-electron chi connectivity index (χ1n) is 5.15. The van der Waals surface area contributed by atoms with E-state index >= 15 is 0 Å². The van der Waals surface area contributed by atoms with Crippen LogP contribution in [-0.2, 0) is 9.53 Å². The van der Waals surface area contributed by atoms with Gasteiger partial charge < -0.3 is 4.74 Å². The molecule has 0 amide bonds. The van der Waals surface area contributed by atoms with Gasteiger partial charge in [-0.2, -0.15) is 0 Å². The molecule has 0 saturated carbocycles. The van der Waals surface area contributed by atoms with E-state index in [0.29, 0.717) is 5.56 Å². The molecule has 86 valence electrons. The van der Waals surface area contributed by atoms with Gasteiger partial charge in [-0.1, -0.05) is 12.1 Å². The van der Waals surface area contributed by atoms with Gasteiger partial charge in [0.05, 0.1) is 6.42 Å². The lowest BCUT2D eigenvalue weighted by molar-refractivity contribution is -0.121. The smallest absolute Gasteiger partial charge is 0.170 e. The molecule has 3 heteroatoms. The lowest BCUT2D eigenvalue weighted by atomic mass is 10.0. The van der Waals surface area contributed by atoms with Crippen molar-refractivity contribution in [2.75, 3.05) is 13.7 Å². The van der Waals surface area contributed by atoms with Gasteiger partial charge in [0.25, 0.3) is 0 Å². The Morgan fingerprint density at radius 1 is 1.19 bits per heavy atom. The molecule has 0 aliphatic heterocycles. The summed E-state index contributed by atoms with van der Waals surface area (Å²) in [5.41, 5.74) is 2.79. The summed E-state index contributed by atoms with van der Waals surface area (Å²) < 4.78 is 4.68. The zero-order chi connectivity index (χ0) is 12.1. The van der Waals surface area contributed by atoms with Crippen LogP contribution in [0.5, 0.6) is 0 Å². The molecule has 0 atom stereocenters. The Morgan fingerprint density at radius 2 is 1.88 bits per heavy atom.